The van der Waals surface area contributed by atoms with Gasteiger partial charge in [-0.3, -0.25) is 28.8 Å². The SMILES string of the molecule is CC(=O)OCC(=O)Cl.CCN(C(=O)CN)[C@H]1C[C@H](C)S(=O)(=O)c2sc(S(N)(=O)=O)cc21.CCN(C(=O)CNC(=O)OCC1c2ccccc2-c2ccccc21)[C@H]1C[C@H](C)S(=O)(=O)c2sc(S(N)(=O)=O)cc21.CCN[C@H]1C[C@H](C)S(=O)(=O)c2sc(S(N)(=O)=O)cc21.O=C(Cl)CNC(=O)OCC1c2ccccc2-c2ccccc21.O=C(O)CNC(=O)OCC1c2ccccc2-c2ccccc21. The van der Waals surface area contributed by atoms with Crippen LogP contribution in [0.15, 0.2) is 189 Å². The lowest BCUT2D eigenvalue weighted by Crippen LogP contribution is -2.44. The molecular weight excluding hydrogens is 1960 g/mol. The van der Waals surface area contributed by atoms with Crippen molar-refractivity contribution in [1.82, 2.24) is 31.1 Å². The summed E-state index contributed by atoms with van der Waals surface area (Å²) >= 11 is 11.9. The Bertz CT molecular complexity index is 6420. The second kappa shape index (κ2) is 45.0. The van der Waals surface area contributed by atoms with E-state index in [1.165, 1.54) is 53.0 Å². The van der Waals surface area contributed by atoms with Crippen molar-refractivity contribution in [2.75, 3.05) is 72.2 Å². The molecular formula is C87H98Cl2N10O26S9. The van der Waals surface area contributed by atoms with Crippen molar-refractivity contribution in [3.8, 4) is 33.4 Å². The normalized spacial score (nSPS) is 18.0. The van der Waals surface area contributed by atoms with Crippen molar-refractivity contribution in [1.29, 1.82) is 0 Å². The average molecular weight is 2060 g/mol. The minimum atomic E-state index is -4.14. The quantitative estimate of drug-likeness (QED) is 0.0154. The lowest BCUT2D eigenvalue weighted by atomic mass is 9.98. The van der Waals surface area contributed by atoms with Crippen LogP contribution >= 0.6 is 57.2 Å². The number of ether oxygens (including phenoxy) is 4. The number of amides is 5. The summed E-state index contributed by atoms with van der Waals surface area (Å²) in [6.07, 6.45) is -1.40. The van der Waals surface area contributed by atoms with Crippen LogP contribution in [0.2, 0.25) is 0 Å². The maximum absolute atomic E-state index is 13.2. The molecule has 47 heteroatoms. The van der Waals surface area contributed by atoms with Gasteiger partial charge < -0.3 is 60.9 Å². The Morgan fingerprint density at radius 2 is 0.716 bits per heavy atom. The summed E-state index contributed by atoms with van der Waals surface area (Å²) in [6.45, 7) is 11.4. The van der Waals surface area contributed by atoms with Crippen LogP contribution in [0.25, 0.3) is 33.4 Å². The van der Waals surface area contributed by atoms with E-state index in [1.54, 1.807) is 27.7 Å². The number of carbonyl (C=O) groups excluding carboxylic acids is 8. The van der Waals surface area contributed by atoms with E-state index >= 15 is 0 Å². The topological polar surface area (TPSA) is 574 Å². The Morgan fingerprint density at radius 1 is 0.425 bits per heavy atom. The van der Waals surface area contributed by atoms with Crippen LogP contribution in [0.5, 0.6) is 0 Å². The van der Waals surface area contributed by atoms with E-state index in [0.29, 0.717) is 53.3 Å². The van der Waals surface area contributed by atoms with Gasteiger partial charge in [-0.1, -0.05) is 153 Å². The van der Waals surface area contributed by atoms with Gasteiger partial charge >= 0.3 is 30.2 Å². The van der Waals surface area contributed by atoms with Crippen LogP contribution in [0.4, 0.5) is 14.4 Å². The van der Waals surface area contributed by atoms with Gasteiger partial charge in [0.25, 0.3) is 5.24 Å². The highest BCUT2D eigenvalue weighted by molar-refractivity contribution is 7.96. The zero-order valence-corrected chi connectivity index (χ0v) is 81.8. The number of esters is 1. The second-order valence-corrected chi connectivity index (χ2v) is 48.0. The van der Waals surface area contributed by atoms with Gasteiger partial charge in [-0.25, -0.2) is 80.3 Å². The number of thiophene rings is 3. The zero-order valence-electron chi connectivity index (χ0n) is 73.0. The first-order valence-electron chi connectivity index (χ1n) is 41.3. The third-order valence-electron chi connectivity index (χ3n) is 22.3. The van der Waals surface area contributed by atoms with Crippen molar-refractivity contribution in [3.05, 3.63) is 214 Å². The molecule has 13 N–H and O–H groups in total. The van der Waals surface area contributed by atoms with Gasteiger partial charge in [-0.15, -0.1) is 34.0 Å². The summed E-state index contributed by atoms with van der Waals surface area (Å²) in [5.41, 5.74) is 20.0. The number of likely N-dealkylation sites (N-methyl/N-ethyl adjacent to an activating group) is 2. The number of sulfone groups is 3. The Morgan fingerprint density at radius 3 is 0.993 bits per heavy atom. The van der Waals surface area contributed by atoms with Crippen LogP contribution in [-0.4, -0.2) is 206 Å². The number of benzene rings is 6. The standard InChI is InChI=1S/C27H29N3O7S3.C17H14ClNO3.C17H15NO4.C12H19N3O5S3.C10H16N2O4S3.C4H5ClO3/c1-3-30(23-12-16(2)39(33,34)26-21(23)13-25(38-26)40(28,35)36)24(31)14-29-27(32)37-15-22-19-10-6-4-8-17(19)18-9-5-7-11-20(18)22;18-16(20)9-19-17(21)22-10-15-13-7-3-1-5-11(13)12-6-2-4-8-14(12)15;19-16(20)9-18-17(21)22-10-15-13-7-3-1-5-11(13)12-6-2-4-8-14(12)15;1-3-15(10(16)6-13)9-4-7(2)22(17,18)12-8(9)5-11(21-12)23(14,19)20;1-3-12-8-4-6(2)18(13,14)10-7(8)5-9(17-10)19(11,15)16;1-3(6)8-2-4(5)7/h4-11,13,16,22-23H,3,12,14-15H2,1-2H3,(H,29,32)(H2,28,35,36);1-8,15H,9-10H2,(H,19,21);1-8,15H,9-10H2,(H,18,21)(H,19,20);5,7,9H,3-4,6,13H2,1-2H3,(H2,14,19,20);5-6,8,12H,3-4H2,1-2H3,(H2,11,15,16);2H2,1H3/t16-,23-;;;7-,9-;6-,8-;/m0..00./s1. The lowest BCUT2D eigenvalue weighted by Gasteiger charge is -2.36. The number of carboxylic acids is 1. The van der Waals surface area contributed by atoms with Crippen molar-refractivity contribution in [2.45, 2.75) is 145 Å². The van der Waals surface area contributed by atoms with Crippen LogP contribution in [0, 0.1) is 0 Å². The first-order chi connectivity index (χ1) is 63.1. The van der Waals surface area contributed by atoms with Gasteiger partial charge in [0, 0.05) is 60.5 Å². The second-order valence-electron chi connectivity index (χ2n) is 31.0. The molecule has 6 heterocycles. The van der Waals surface area contributed by atoms with E-state index in [-0.39, 0.29) is 126 Å². The molecule has 0 unspecified atom stereocenters. The van der Waals surface area contributed by atoms with Crippen molar-refractivity contribution in [3.63, 3.8) is 0 Å². The Labute approximate surface area is 797 Å². The van der Waals surface area contributed by atoms with Crippen molar-refractivity contribution in [2.24, 2.45) is 21.2 Å². The number of fused-ring (bicyclic) bond motifs is 12. The maximum Gasteiger partial charge on any atom is 0.407 e. The summed E-state index contributed by atoms with van der Waals surface area (Å²) in [4.78, 5) is 105. The number of primary sulfonamides is 3. The Hall–Kier alpha value is -10.5. The molecule has 0 saturated carbocycles. The predicted molar refractivity (Wildman–Crippen MR) is 502 cm³/mol. The number of sulfonamides is 3. The smallest absolute Gasteiger partial charge is 0.407 e. The number of nitrogens with two attached hydrogens (primary N) is 4. The number of halogens is 2. The molecule has 720 valence electrons. The van der Waals surface area contributed by atoms with E-state index in [0.717, 1.165) is 67.0 Å². The number of nitrogens with zero attached hydrogens (tertiary/aromatic N) is 2. The molecule has 15 rings (SSSR count). The molecule has 9 aromatic rings. The lowest BCUT2D eigenvalue weighted by molar-refractivity contribution is -0.143. The van der Waals surface area contributed by atoms with Gasteiger partial charge in [-0.2, -0.15) is 0 Å². The van der Waals surface area contributed by atoms with Gasteiger partial charge in [-0.05, 0) is 169 Å². The minimum Gasteiger partial charge on any atom is -0.480 e. The number of carbonyl (C=O) groups is 9. The molecule has 0 saturated heterocycles. The van der Waals surface area contributed by atoms with E-state index in [9.17, 15) is 93.7 Å². The third-order valence-corrected chi connectivity index (χ3v) is 38.5. The van der Waals surface area contributed by atoms with E-state index < -0.39 is 141 Å². The number of rotatable bonds is 24. The molecule has 3 aromatic heterocycles. The Balaban J connectivity index is 0.000000175. The first-order valence-corrected chi connectivity index (χ1v) is 53.8. The molecule has 0 bridgehead atoms. The number of hydrogen-bond acceptors (Lipinski definition) is 30. The van der Waals surface area contributed by atoms with Crippen LogP contribution in [0.3, 0.4) is 0 Å². The fraction of sp³-hybridized carbons (Fsp3) is 0.345. The molecule has 0 fully saturated rings. The largest absolute Gasteiger partial charge is 0.480 e. The van der Waals surface area contributed by atoms with E-state index in [2.05, 4.69) is 50.3 Å². The van der Waals surface area contributed by atoms with Gasteiger partial charge in [0.2, 0.25) is 47.1 Å². The third kappa shape index (κ3) is 25.0. The minimum absolute atomic E-state index is 0.00449. The Kier molecular flexibility index (Phi) is 35.5. The molecule has 6 aliphatic rings. The van der Waals surface area contributed by atoms with Gasteiger partial charge in [0.1, 0.15) is 58.2 Å². The number of alkyl carbamates (subject to hydrolysis) is 3. The summed E-state index contributed by atoms with van der Waals surface area (Å²) in [5.74, 6) is -2.53. The number of hydrogen-bond donors (Lipinski definition) is 9. The highest BCUT2D eigenvalue weighted by Crippen LogP contribution is 2.51. The highest BCUT2D eigenvalue weighted by Gasteiger charge is 2.46. The highest BCUT2D eigenvalue weighted by atomic mass is 35.5. The molecule has 6 aromatic carbocycles. The van der Waals surface area contributed by atoms with Gasteiger partial charge in [0.05, 0.1) is 40.9 Å². The van der Waals surface area contributed by atoms with Crippen LogP contribution in [0.1, 0.15) is 154 Å². The fourth-order valence-electron chi connectivity index (χ4n) is 16.1. The summed E-state index contributed by atoms with van der Waals surface area (Å²) in [6, 6.07) is 50.6. The number of nitrogens with one attached hydrogen (secondary N) is 4. The number of carboxylic acid groups (broad SMARTS) is 1. The molecule has 6 atom stereocenters. The molecule has 134 heavy (non-hydrogen) atoms. The molecule has 0 spiro atoms. The summed E-state index contributed by atoms with van der Waals surface area (Å²) in [7, 11) is -22.9. The first kappa shape index (κ1) is 106. The molecule has 3 aliphatic carbocycles. The molecule has 0 radical (unpaired) electrons. The monoisotopic (exact) mass is 2060 g/mol. The van der Waals surface area contributed by atoms with Crippen molar-refractivity contribution >= 4 is 169 Å². The number of aliphatic carboxylic acids is 1. The predicted octanol–water partition coefficient (Wildman–Crippen LogP) is 10.0. The maximum atomic E-state index is 13.2. The van der Waals surface area contributed by atoms with Crippen molar-refractivity contribution < 1.29 is 118 Å². The average Bonchev–Trinajstić information content (AvgIpc) is 1.57. The van der Waals surface area contributed by atoms with Crippen LogP contribution < -0.4 is 42.4 Å². The fourth-order valence-corrected chi connectivity index (χ4v) is 29.4. The van der Waals surface area contributed by atoms with Crippen LogP contribution in [-0.2, 0) is 107 Å². The summed E-state index contributed by atoms with van der Waals surface area (Å²) < 4.78 is 165. The van der Waals surface area contributed by atoms with E-state index in [1.807, 2.05) is 128 Å². The summed E-state index contributed by atoms with van der Waals surface area (Å²) in [5, 5.41) is 30.8. The van der Waals surface area contributed by atoms with Gasteiger partial charge in [0.15, 0.2) is 36.1 Å². The van der Waals surface area contributed by atoms with E-state index in [4.69, 9.17) is 63.7 Å². The molecule has 36 nitrogen and oxygen atoms in total. The molecule has 3 aliphatic heterocycles. The molecule has 5 amide bonds. The zero-order chi connectivity index (χ0) is 98.4.